The highest BCUT2D eigenvalue weighted by Crippen LogP contribution is 2.31. The van der Waals surface area contributed by atoms with Crippen LogP contribution in [0.4, 0.5) is 5.69 Å². The second-order valence-electron chi connectivity index (χ2n) is 6.62. The summed E-state index contributed by atoms with van der Waals surface area (Å²) in [6.45, 7) is 2.28. The number of amides is 1. The fraction of sp³-hybridized carbons (Fsp3) is 0.0833. The maximum absolute atomic E-state index is 12.6. The molecule has 7 heteroatoms. The van der Waals surface area contributed by atoms with Crippen LogP contribution in [-0.4, -0.2) is 5.91 Å². The lowest BCUT2D eigenvalue weighted by molar-refractivity contribution is -0.112. The van der Waals surface area contributed by atoms with Crippen LogP contribution in [0.25, 0.3) is 6.08 Å². The molecule has 0 aliphatic carbocycles. The monoisotopic (exact) mass is 654 g/mol. The number of hydrogen-bond donors (Lipinski definition) is 1. The van der Waals surface area contributed by atoms with Crippen LogP contribution in [0.15, 0.2) is 66.2 Å². The van der Waals surface area contributed by atoms with Crippen molar-refractivity contribution in [3.63, 3.8) is 0 Å². The van der Waals surface area contributed by atoms with E-state index < -0.39 is 5.91 Å². The standard InChI is InChI=1S/C24H17ClI2N2O2/c1-15-19(25)8-5-9-22(15)29-24(30)18(13-28)10-17-11-20(26)23(21(27)12-17)31-14-16-6-3-2-4-7-16/h2-12H,14H2,1H3,(H,29,30)/b18-10+. The predicted molar refractivity (Wildman–Crippen MR) is 141 cm³/mol. The van der Waals surface area contributed by atoms with E-state index in [0.29, 0.717) is 17.3 Å². The lowest BCUT2D eigenvalue weighted by Gasteiger charge is -2.12. The highest BCUT2D eigenvalue weighted by molar-refractivity contribution is 14.1. The summed E-state index contributed by atoms with van der Waals surface area (Å²) in [5.41, 5.74) is 3.16. The Morgan fingerprint density at radius 2 is 1.81 bits per heavy atom. The van der Waals surface area contributed by atoms with Gasteiger partial charge in [0, 0.05) is 10.7 Å². The molecule has 0 atom stereocenters. The number of nitriles is 1. The Morgan fingerprint density at radius 1 is 1.13 bits per heavy atom. The molecule has 3 aromatic carbocycles. The lowest BCUT2D eigenvalue weighted by Crippen LogP contribution is -2.14. The summed E-state index contributed by atoms with van der Waals surface area (Å²) in [5, 5.41) is 12.8. The molecule has 0 heterocycles. The van der Waals surface area contributed by atoms with Crippen molar-refractivity contribution in [3.05, 3.63) is 95.1 Å². The highest BCUT2D eigenvalue weighted by atomic mass is 127. The third-order valence-corrected chi connectivity index (χ3v) is 6.45. The molecule has 0 radical (unpaired) electrons. The molecule has 0 bridgehead atoms. The number of hydrogen-bond acceptors (Lipinski definition) is 3. The Labute approximate surface area is 213 Å². The summed E-state index contributed by atoms with van der Waals surface area (Å²) in [4.78, 5) is 12.6. The van der Waals surface area contributed by atoms with Gasteiger partial charge in [0.05, 0.1) is 7.14 Å². The molecule has 0 unspecified atom stereocenters. The van der Waals surface area contributed by atoms with Gasteiger partial charge in [-0.3, -0.25) is 4.79 Å². The predicted octanol–water partition coefficient (Wildman–Crippen LogP) is 6.98. The van der Waals surface area contributed by atoms with Gasteiger partial charge < -0.3 is 10.1 Å². The summed E-state index contributed by atoms with van der Waals surface area (Å²) in [6, 6.07) is 20.9. The van der Waals surface area contributed by atoms with Gasteiger partial charge in [-0.25, -0.2) is 0 Å². The Kier molecular flexibility index (Phi) is 8.35. The van der Waals surface area contributed by atoms with Crippen LogP contribution in [0, 0.1) is 25.4 Å². The zero-order valence-corrected chi connectivity index (χ0v) is 21.5. The number of nitrogens with one attached hydrogen (secondary N) is 1. The van der Waals surface area contributed by atoms with Crippen LogP contribution >= 0.6 is 56.8 Å². The third-order valence-electron chi connectivity index (χ3n) is 4.44. The third kappa shape index (κ3) is 6.21. The summed E-state index contributed by atoms with van der Waals surface area (Å²) < 4.78 is 7.79. The van der Waals surface area contributed by atoms with Crippen LogP contribution in [0.2, 0.25) is 5.02 Å². The maximum Gasteiger partial charge on any atom is 0.266 e. The number of anilines is 1. The van der Waals surface area contributed by atoms with E-state index in [2.05, 4.69) is 50.5 Å². The van der Waals surface area contributed by atoms with Gasteiger partial charge in [-0.05, 0) is 99.1 Å². The Bertz CT molecular complexity index is 1160. The number of carbonyl (C=O) groups excluding carboxylic acids is 1. The minimum atomic E-state index is -0.484. The molecule has 0 saturated carbocycles. The summed E-state index contributed by atoms with van der Waals surface area (Å²) in [7, 11) is 0. The van der Waals surface area contributed by atoms with Crippen molar-refractivity contribution in [1.82, 2.24) is 0 Å². The fourth-order valence-corrected chi connectivity index (χ4v) is 5.08. The molecular formula is C24H17ClI2N2O2. The van der Waals surface area contributed by atoms with Crippen LogP contribution in [0.5, 0.6) is 5.75 Å². The van der Waals surface area contributed by atoms with Gasteiger partial charge in [-0.15, -0.1) is 0 Å². The minimum Gasteiger partial charge on any atom is -0.487 e. The molecule has 156 valence electrons. The second-order valence-corrected chi connectivity index (χ2v) is 9.36. The van der Waals surface area contributed by atoms with E-state index in [4.69, 9.17) is 16.3 Å². The van der Waals surface area contributed by atoms with Crippen LogP contribution in [0.1, 0.15) is 16.7 Å². The molecule has 0 aliphatic rings. The maximum atomic E-state index is 12.6. The average Bonchev–Trinajstić information content (AvgIpc) is 2.75. The van der Waals surface area contributed by atoms with E-state index in [1.165, 1.54) is 0 Å². The molecule has 0 aromatic heterocycles. The zero-order valence-electron chi connectivity index (χ0n) is 16.5. The summed E-state index contributed by atoms with van der Waals surface area (Å²) >= 11 is 10.5. The molecule has 3 aromatic rings. The van der Waals surface area contributed by atoms with E-state index >= 15 is 0 Å². The molecule has 0 spiro atoms. The molecule has 0 fully saturated rings. The van der Waals surface area contributed by atoms with Crippen LogP contribution in [-0.2, 0) is 11.4 Å². The van der Waals surface area contributed by atoms with E-state index in [1.54, 1.807) is 24.3 Å². The van der Waals surface area contributed by atoms with E-state index in [-0.39, 0.29) is 5.57 Å². The van der Waals surface area contributed by atoms with Gasteiger partial charge >= 0.3 is 0 Å². The molecule has 4 nitrogen and oxygen atoms in total. The number of carbonyl (C=O) groups is 1. The first-order valence-electron chi connectivity index (χ1n) is 9.23. The number of halogens is 3. The normalized spacial score (nSPS) is 11.0. The number of rotatable bonds is 6. The van der Waals surface area contributed by atoms with E-state index in [1.807, 2.05) is 55.5 Å². The molecule has 1 N–H and O–H groups in total. The van der Waals surface area contributed by atoms with Gasteiger partial charge in [0.2, 0.25) is 0 Å². The van der Waals surface area contributed by atoms with Crippen molar-refractivity contribution in [2.24, 2.45) is 0 Å². The van der Waals surface area contributed by atoms with E-state index in [0.717, 1.165) is 29.6 Å². The van der Waals surface area contributed by atoms with E-state index in [9.17, 15) is 10.1 Å². The highest BCUT2D eigenvalue weighted by Gasteiger charge is 2.14. The second kappa shape index (κ2) is 11.0. The zero-order chi connectivity index (χ0) is 22.4. The quantitative estimate of drug-likeness (QED) is 0.177. The van der Waals surface area contributed by atoms with Gasteiger partial charge in [-0.1, -0.05) is 48.0 Å². The molecule has 3 rings (SSSR count). The fourth-order valence-electron chi connectivity index (χ4n) is 2.78. The molecule has 1 amide bonds. The average molecular weight is 655 g/mol. The van der Waals surface area contributed by atoms with Crippen molar-refractivity contribution in [2.45, 2.75) is 13.5 Å². The first-order chi connectivity index (χ1) is 14.9. The van der Waals surface area contributed by atoms with Crippen molar-refractivity contribution in [3.8, 4) is 11.8 Å². The lowest BCUT2D eigenvalue weighted by atomic mass is 10.1. The van der Waals surface area contributed by atoms with Gasteiger partial charge in [-0.2, -0.15) is 5.26 Å². The van der Waals surface area contributed by atoms with Crippen molar-refractivity contribution < 1.29 is 9.53 Å². The summed E-state index contributed by atoms with van der Waals surface area (Å²) in [6.07, 6.45) is 1.57. The van der Waals surface area contributed by atoms with Crippen molar-refractivity contribution >= 4 is 74.5 Å². The van der Waals surface area contributed by atoms with Gasteiger partial charge in [0.25, 0.3) is 5.91 Å². The Balaban J connectivity index is 1.80. The molecule has 0 aliphatic heterocycles. The topological polar surface area (TPSA) is 62.1 Å². The summed E-state index contributed by atoms with van der Waals surface area (Å²) in [5.74, 6) is 0.294. The smallest absolute Gasteiger partial charge is 0.266 e. The molecular weight excluding hydrogens is 638 g/mol. The minimum absolute atomic E-state index is 0.00364. The molecule has 0 saturated heterocycles. The Morgan fingerprint density at radius 3 is 2.45 bits per heavy atom. The first-order valence-corrected chi connectivity index (χ1v) is 11.8. The van der Waals surface area contributed by atoms with Crippen LogP contribution in [0.3, 0.4) is 0 Å². The SMILES string of the molecule is Cc1c(Cl)cccc1NC(=O)/C(C#N)=C/c1cc(I)c(OCc2ccccc2)c(I)c1. The van der Waals surface area contributed by atoms with Crippen molar-refractivity contribution in [2.75, 3.05) is 5.32 Å². The first kappa shape index (κ1) is 23.6. The number of benzene rings is 3. The molecule has 31 heavy (non-hydrogen) atoms. The number of nitrogens with zero attached hydrogens (tertiary/aromatic N) is 1. The number of ether oxygens (including phenoxy) is 1. The van der Waals surface area contributed by atoms with Gasteiger partial charge in [0.15, 0.2) is 0 Å². The Hall–Kier alpha value is -2.09. The largest absolute Gasteiger partial charge is 0.487 e. The van der Waals surface area contributed by atoms with Gasteiger partial charge in [0.1, 0.15) is 24.0 Å². The van der Waals surface area contributed by atoms with Crippen molar-refractivity contribution in [1.29, 1.82) is 5.26 Å². The van der Waals surface area contributed by atoms with Crippen LogP contribution < -0.4 is 10.1 Å².